The Labute approximate surface area is 149 Å². The molecule has 8 nitrogen and oxygen atoms in total. The van der Waals surface area contributed by atoms with Crippen LogP contribution in [-0.4, -0.2) is 84.5 Å². The number of hydrogen-bond donors (Lipinski definition) is 0. The Hall–Kier alpha value is -1.45. The third kappa shape index (κ3) is 3.79. The van der Waals surface area contributed by atoms with E-state index in [0.717, 1.165) is 31.9 Å². The Balaban J connectivity index is 1.55. The van der Waals surface area contributed by atoms with Crippen molar-refractivity contribution in [1.82, 2.24) is 19.6 Å². The Morgan fingerprint density at radius 3 is 2.54 bits per heavy atom. The molecule has 0 aliphatic carbocycles. The van der Waals surface area contributed by atoms with Gasteiger partial charge < -0.3 is 14.5 Å². The zero-order chi connectivity index (χ0) is 17.1. The van der Waals surface area contributed by atoms with Gasteiger partial charge in [-0.15, -0.1) is 0 Å². The number of ether oxygens (including phenoxy) is 1. The van der Waals surface area contributed by atoms with E-state index in [1.165, 1.54) is 4.68 Å². The second-order valence-electron chi connectivity index (χ2n) is 6.03. The maximum atomic E-state index is 12.3. The highest BCUT2D eigenvalue weighted by Gasteiger charge is 2.24. The summed E-state index contributed by atoms with van der Waals surface area (Å²) in [5, 5.41) is 4.09. The zero-order valence-corrected chi connectivity index (χ0v) is 15.4. The number of morpholine rings is 1. The molecule has 2 aliphatic heterocycles. The number of carbonyl (C=O) groups is 1. The number of amides is 1. The van der Waals surface area contributed by atoms with E-state index in [9.17, 15) is 9.59 Å². The molecule has 0 saturated carbocycles. The fourth-order valence-corrected chi connectivity index (χ4v) is 3.58. The summed E-state index contributed by atoms with van der Waals surface area (Å²) in [6.07, 6.45) is 1.71. The first-order chi connectivity index (χ1) is 11.6. The quantitative estimate of drug-likeness (QED) is 0.683. The largest absolute Gasteiger partial charge is 0.378 e. The third-order valence-electron chi connectivity index (χ3n) is 4.50. The van der Waals surface area contributed by atoms with Crippen LogP contribution in [0.4, 0.5) is 5.69 Å². The van der Waals surface area contributed by atoms with Gasteiger partial charge in [-0.25, -0.2) is 4.68 Å². The van der Waals surface area contributed by atoms with Crippen LogP contribution in [0.1, 0.15) is 0 Å². The molecule has 0 radical (unpaired) electrons. The number of nitrogens with zero attached hydrogens (tertiary/aromatic N) is 5. The summed E-state index contributed by atoms with van der Waals surface area (Å²) in [6.45, 7) is 6.19. The van der Waals surface area contributed by atoms with Gasteiger partial charge >= 0.3 is 0 Å². The minimum Gasteiger partial charge on any atom is -0.378 e. The van der Waals surface area contributed by atoms with E-state index in [-0.39, 0.29) is 11.5 Å². The lowest BCUT2D eigenvalue weighted by Crippen LogP contribution is -2.51. The summed E-state index contributed by atoms with van der Waals surface area (Å²) in [6, 6.07) is 0. The van der Waals surface area contributed by atoms with E-state index < -0.39 is 0 Å². The lowest BCUT2D eigenvalue weighted by Gasteiger charge is -2.37. The van der Waals surface area contributed by atoms with E-state index in [2.05, 4.69) is 30.8 Å². The molecule has 3 rings (SSSR count). The van der Waals surface area contributed by atoms with Crippen molar-refractivity contribution in [3.05, 3.63) is 21.0 Å². The van der Waals surface area contributed by atoms with Gasteiger partial charge in [-0.3, -0.25) is 14.5 Å². The van der Waals surface area contributed by atoms with E-state index in [1.54, 1.807) is 13.2 Å². The number of aromatic nitrogens is 2. The second-order valence-corrected chi connectivity index (χ2v) is 6.82. The highest BCUT2D eigenvalue weighted by molar-refractivity contribution is 9.10. The van der Waals surface area contributed by atoms with Crippen molar-refractivity contribution in [2.24, 2.45) is 7.05 Å². The molecular weight excluding hydrogens is 378 g/mol. The summed E-state index contributed by atoms with van der Waals surface area (Å²) < 4.78 is 7.13. The smallest absolute Gasteiger partial charge is 0.282 e. The molecule has 24 heavy (non-hydrogen) atoms. The van der Waals surface area contributed by atoms with Crippen LogP contribution in [0, 0.1) is 0 Å². The van der Waals surface area contributed by atoms with Crippen molar-refractivity contribution in [2.45, 2.75) is 0 Å². The number of anilines is 1. The Bertz CT molecular complexity index is 651. The molecule has 0 aromatic carbocycles. The van der Waals surface area contributed by atoms with Gasteiger partial charge in [-0.1, -0.05) is 0 Å². The molecular formula is C15H22BrN5O3. The molecule has 3 heterocycles. The third-order valence-corrected chi connectivity index (χ3v) is 5.24. The first kappa shape index (κ1) is 17.4. The molecule has 0 N–H and O–H groups in total. The molecule has 2 aliphatic rings. The average Bonchev–Trinajstić information content (AvgIpc) is 2.61. The number of aryl methyl sites for hydroxylation is 1. The zero-order valence-electron chi connectivity index (χ0n) is 13.8. The van der Waals surface area contributed by atoms with Crippen molar-refractivity contribution in [3.63, 3.8) is 0 Å². The first-order valence-corrected chi connectivity index (χ1v) is 8.90. The van der Waals surface area contributed by atoms with Gasteiger partial charge in [0, 0.05) is 46.3 Å². The van der Waals surface area contributed by atoms with Gasteiger partial charge in [0.15, 0.2) is 0 Å². The van der Waals surface area contributed by atoms with E-state index >= 15 is 0 Å². The van der Waals surface area contributed by atoms with Crippen molar-refractivity contribution >= 4 is 27.5 Å². The maximum Gasteiger partial charge on any atom is 0.282 e. The van der Waals surface area contributed by atoms with E-state index in [1.807, 2.05) is 4.90 Å². The topological polar surface area (TPSA) is 70.9 Å². The number of hydrogen-bond acceptors (Lipinski definition) is 6. The van der Waals surface area contributed by atoms with E-state index in [4.69, 9.17) is 4.74 Å². The molecule has 1 aromatic heterocycles. The minimum absolute atomic E-state index is 0.141. The average molecular weight is 400 g/mol. The van der Waals surface area contributed by atoms with Crippen LogP contribution in [0.2, 0.25) is 0 Å². The minimum atomic E-state index is -0.141. The lowest BCUT2D eigenvalue weighted by atomic mass is 10.2. The number of carbonyl (C=O) groups excluding carboxylic acids is 1. The monoisotopic (exact) mass is 399 g/mol. The van der Waals surface area contributed by atoms with Crippen LogP contribution in [0.15, 0.2) is 15.5 Å². The van der Waals surface area contributed by atoms with Crippen LogP contribution in [0.25, 0.3) is 0 Å². The SMILES string of the molecule is Cn1ncc(N2CCN(CC(=O)N3CCOCC3)CC2)c(Br)c1=O. The molecule has 1 aromatic rings. The predicted octanol–water partition coefficient (Wildman–Crippen LogP) is -0.476. The van der Waals surface area contributed by atoms with Gasteiger partial charge in [0.2, 0.25) is 5.91 Å². The summed E-state index contributed by atoms with van der Waals surface area (Å²) >= 11 is 3.37. The Morgan fingerprint density at radius 2 is 1.88 bits per heavy atom. The maximum absolute atomic E-state index is 12.3. The summed E-state index contributed by atoms with van der Waals surface area (Å²) in [5.74, 6) is 0.170. The van der Waals surface area contributed by atoms with Crippen LogP contribution in [0.3, 0.4) is 0 Å². The van der Waals surface area contributed by atoms with Crippen LogP contribution < -0.4 is 10.5 Å². The van der Waals surface area contributed by atoms with Crippen molar-refractivity contribution < 1.29 is 9.53 Å². The number of piperazine rings is 1. The van der Waals surface area contributed by atoms with Crippen LogP contribution in [-0.2, 0) is 16.6 Å². The van der Waals surface area contributed by atoms with Gasteiger partial charge in [-0.2, -0.15) is 5.10 Å². The molecule has 2 fully saturated rings. The molecule has 132 valence electrons. The van der Waals surface area contributed by atoms with Gasteiger partial charge in [0.25, 0.3) is 5.56 Å². The van der Waals surface area contributed by atoms with Crippen molar-refractivity contribution in [1.29, 1.82) is 0 Å². The number of rotatable bonds is 3. The summed E-state index contributed by atoms with van der Waals surface area (Å²) in [7, 11) is 1.63. The fourth-order valence-electron chi connectivity index (χ4n) is 2.97. The van der Waals surface area contributed by atoms with Gasteiger partial charge in [-0.05, 0) is 15.9 Å². The first-order valence-electron chi connectivity index (χ1n) is 8.11. The van der Waals surface area contributed by atoms with Crippen LogP contribution >= 0.6 is 15.9 Å². The molecule has 9 heteroatoms. The van der Waals surface area contributed by atoms with Crippen molar-refractivity contribution in [3.8, 4) is 0 Å². The van der Waals surface area contributed by atoms with Crippen LogP contribution in [0.5, 0.6) is 0 Å². The normalized spacial score (nSPS) is 19.6. The van der Waals surface area contributed by atoms with Gasteiger partial charge in [0.1, 0.15) is 4.47 Å². The molecule has 0 unspecified atom stereocenters. The molecule has 1 amide bonds. The molecule has 2 saturated heterocycles. The number of halogens is 1. The molecule has 0 bridgehead atoms. The molecule has 0 atom stereocenters. The second kappa shape index (κ2) is 7.62. The van der Waals surface area contributed by atoms with E-state index in [0.29, 0.717) is 37.3 Å². The summed E-state index contributed by atoms with van der Waals surface area (Å²) in [4.78, 5) is 30.4. The molecule has 0 spiro atoms. The standard InChI is InChI=1S/C15H22BrN5O3/c1-18-15(23)14(16)12(10-17-18)20-4-2-19(3-5-20)11-13(22)21-6-8-24-9-7-21/h10H,2-9,11H2,1H3. The fraction of sp³-hybridized carbons (Fsp3) is 0.667. The highest BCUT2D eigenvalue weighted by atomic mass is 79.9. The summed E-state index contributed by atoms with van der Waals surface area (Å²) in [5.41, 5.74) is 0.676. The van der Waals surface area contributed by atoms with Gasteiger partial charge in [0.05, 0.1) is 31.6 Å². The lowest BCUT2D eigenvalue weighted by molar-refractivity contribution is -0.136. The highest BCUT2D eigenvalue weighted by Crippen LogP contribution is 2.22. The Kier molecular flexibility index (Phi) is 5.52. The predicted molar refractivity (Wildman–Crippen MR) is 93.2 cm³/mol. The van der Waals surface area contributed by atoms with Crippen molar-refractivity contribution in [2.75, 3.05) is 63.9 Å². The Morgan fingerprint density at radius 1 is 1.21 bits per heavy atom.